The van der Waals surface area contributed by atoms with E-state index in [1.165, 1.54) is 0 Å². The van der Waals surface area contributed by atoms with E-state index in [1.54, 1.807) is 6.08 Å². The highest BCUT2D eigenvalue weighted by Gasteiger charge is 1.95. The Balaban J connectivity index is 3.90. The molecule has 1 N–H and O–H groups in total. The molecule has 2 nitrogen and oxygen atoms in total. The summed E-state index contributed by atoms with van der Waals surface area (Å²) in [6.45, 7) is 7.87. The van der Waals surface area contributed by atoms with Gasteiger partial charge in [-0.2, -0.15) is 0 Å². The Morgan fingerprint density at radius 2 is 2.09 bits per heavy atom. The Kier molecular flexibility index (Phi) is 4.59. The van der Waals surface area contributed by atoms with Crippen molar-refractivity contribution < 1.29 is 4.79 Å². The predicted octanol–water partition coefficient (Wildman–Crippen LogP) is 1.87. The van der Waals surface area contributed by atoms with Crippen molar-refractivity contribution in [1.29, 1.82) is 0 Å². The molecule has 0 saturated carbocycles. The normalized spacial score (nSPS) is 11.9. The van der Waals surface area contributed by atoms with Crippen LogP contribution in [0.25, 0.3) is 0 Å². The molecule has 0 aliphatic rings. The van der Waals surface area contributed by atoms with Crippen LogP contribution in [0.4, 0.5) is 0 Å². The molecule has 0 aromatic heterocycles. The zero-order chi connectivity index (χ0) is 8.85. The molecule has 0 aromatic carbocycles. The van der Waals surface area contributed by atoms with Crippen LogP contribution >= 0.6 is 0 Å². The van der Waals surface area contributed by atoms with Crippen molar-refractivity contribution in [2.75, 3.05) is 0 Å². The summed E-state index contributed by atoms with van der Waals surface area (Å²) in [4.78, 5) is 10.9. The first-order valence-corrected chi connectivity index (χ1v) is 4.04. The van der Waals surface area contributed by atoms with Gasteiger partial charge in [0.1, 0.15) is 0 Å². The fourth-order valence-corrected chi connectivity index (χ4v) is 0.841. The summed E-state index contributed by atoms with van der Waals surface area (Å²) in [5.41, 5.74) is 0.951. The Hall–Kier alpha value is -0.790. The van der Waals surface area contributed by atoms with Gasteiger partial charge in [0.15, 0.2) is 5.78 Å². The van der Waals surface area contributed by atoms with E-state index in [0.29, 0.717) is 12.5 Å². The summed E-state index contributed by atoms with van der Waals surface area (Å²) < 4.78 is 0. The third-order valence-electron chi connectivity index (χ3n) is 1.24. The zero-order valence-corrected chi connectivity index (χ0v) is 7.77. The second kappa shape index (κ2) is 4.94. The minimum Gasteiger partial charge on any atom is -0.386 e. The molecule has 0 heterocycles. The van der Waals surface area contributed by atoms with Crippen LogP contribution < -0.4 is 5.32 Å². The summed E-state index contributed by atoms with van der Waals surface area (Å²) >= 11 is 0. The SMILES string of the molecule is CCC(=O)/C=C(\C)NC(C)C. The Labute approximate surface area is 68.7 Å². The first kappa shape index (κ1) is 10.2. The quantitative estimate of drug-likeness (QED) is 0.628. The van der Waals surface area contributed by atoms with E-state index >= 15 is 0 Å². The van der Waals surface area contributed by atoms with Crippen molar-refractivity contribution in [2.45, 2.75) is 40.2 Å². The lowest BCUT2D eigenvalue weighted by molar-refractivity contribution is -0.114. The molecule has 0 aliphatic carbocycles. The van der Waals surface area contributed by atoms with Gasteiger partial charge in [0.05, 0.1) is 0 Å². The van der Waals surface area contributed by atoms with Crippen molar-refractivity contribution in [3.63, 3.8) is 0 Å². The molecule has 0 unspecified atom stereocenters. The maximum absolute atomic E-state index is 10.9. The highest BCUT2D eigenvalue weighted by atomic mass is 16.1. The lowest BCUT2D eigenvalue weighted by atomic mass is 10.2. The molecule has 0 spiro atoms. The minimum atomic E-state index is 0.177. The Morgan fingerprint density at radius 1 is 1.55 bits per heavy atom. The van der Waals surface area contributed by atoms with Gasteiger partial charge in [0, 0.05) is 18.2 Å². The zero-order valence-electron chi connectivity index (χ0n) is 7.77. The number of hydrogen-bond acceptors (Lipinski definition) is 2. The lowest BCUT2D eigenvalue weighted by Gasteiger charge is -2.08. The molecule has 11 heavy (non-hydrogen) atoms. The van der Waals surface area contributed by atoms with E-state index in [9.17, 15) is 4.79 Å². The van der Waals surface area contributed by atoms with E-state index < -0.39 is 0 Å². The minimum absolute atomic E-state index is 0.177. The first-order chi connectivity index (χ1) is 5.06. The van der Waals surface area contributed by atoms with E-state index in [1.807, 2.05) is 27.7 Å². The van der Waals surface area contributed by atoms with Gasteiger partial charge in [-0.25, -0.2) is 0 Å². The molecule has 0 saturated heterocycles. The van der Waals surface area contributed by atoms with Crippen LogP contribution in [0.3, 0.4) is 0 Å². The van der Waals surface area contributed by atoms with Gasteiger partial charge < -0.3 is 5.32 Å². The standard InChI is InChI=1S/C9H17NO/c1-5-9(11)6-8(4)10-7(2)3/h6-7,10H,5H2,1-4H3/b8-6+. The molecule has 2 heteroatoms. The van der Waals surface area contributed by atoms with Crippen LogP contribution in [0.15, 0.2) is 11.8 Å². The van der Waals surface area contributed by atoms with Crippen LogP contribution in [-0.2, 0) is 4.79 Å². The third kappa shape index (κ3) is 5.64. The van der Waals surface area contributed by atoms with Gasteiger partial charge >= 0.3 is 0 Å². The van der Waals surface area contributed by atoms with Crippen LogP contribution in [0.2, 0.25) is 0 Å². The summed E-state index contributed by atoms with van der Waals surface area (Å²) in [7, 11) is 0. The molecule has 0 amide bonds. The third-order valence-corrected chi connectivity index (χ3v) is 1.24. The monoisotopic (exact) mass is 155 g/mol. The second-order valence-corrected chi connectivity index (χ2v) is 2.95. The molecular weight excluding hydrogens is 138 g/mol. The van der Waals surface area contributed by atoms with Crippen LogP contribution in [0.1, 0.15) is 34.1 Å². The number of carbonyl (C=O) groups is 1. The summed E-state index contributed by atoms with van der Waals surface area (Å²) in [6.07, 6.45) is 2.23. The van der Waals surface area contributed by atoms with Gasteiger partial charge in [-0.15, -0.1) is 0 Å². The smallest absolute Gasteiger partial charge is 0.157 e. The maximum Gasteiger partial charge on any atom is 0.157 e. The summed E-state index contributed by atoms with van der Waals surface area (Å²) in [5.74, 6) is 0.177. The maximum atomic E-state index is 10.9. The highest BCUT2D eigenvalue weighted by molar-refractivity contribution is 5.89. The van der Waals surface area contributed by atoms with Crippen LogP contribution in [-0.4, -0.2) is 11.8 Å². The van der Waals surface area contributed by atoms with Crippen LogP contribution in [0.5, 0.6) is 0 Å². The molecule has 0 atom stereocenters. The average Bonchev–Trinajstić information content (AvgIpc) is 1.85. The first-order valence-electron chi connectivity index (χ1n) is 4.04. The van der Waals surface area contributed by atoms with Gasteiger partial charge in [-0.1, -0.05) is 6.92 Å². The lowest BCUT2D eigenvalue weighted by Crippen LogP contribution is -2.20. The fraction of sp³-hybridized carbons (Fsp3) is 0.667. The Morgan fingerprint density at radius 3 is 2.45 bits per heavy atom. The molecule has 0 bridgehead atoms. The second-order valence-electron chi connectivity index (χ2n) is 2.95. The average molecular weight is 155 g/mol. The summed E-state index contributed by atoms with van der Waals surface area (Å²) in [6, 6.07) is 0.399. The number of nitrogens with one attached hydrogen (secondary N) is 1. The fourth-order valence-electron chi connectivity index (χ4n) is 0.841. The number of allylic oxidation sites excluding steroid dienone is 2. The topological polar surface area (TPSA) is 29.1 Å². The molecule has 0 aliphatic heterocycles. The number of rotatable bonds is 4. The van der Waals surface area contributed by atoms with Gasteiger partial charge in [-0.05, 0) is 26.8 Å². The van der Waals surface area contributed by atoms with Gasteiger partial charge in [-0.3, -0.25) is 4.79 Å². The number of carbonyl (C=O) groups excluding carboxylic acids is 1. The van der Waals surface area contributed by atoms with E-state index in [0.717, 1.165) is 5.70 Å². The van der Waals surface area contributed by atoms with Crippen molar-refractivity contribution in [2.24, 2.45) is 0 Å². The van der Waals surface area contributed by atoms with E-state index in [4.69, 9.17) is 0 Å². The van der Waals surface area contributed by atoms with Crippen molar-refractivity contribution >= 4 is 5.78 Å². The van der Waals surface area contributed by atoms with Gasteiger partial charge in [0.25, 0.3) is 0 Å². The van der Waals surface area contributed by atoms with Crippen LogP contribution in [0, 0.1) is 0 Å². The van der Waals surface area contributed by atoms with E-state index in [-0.39, 0.29) is 5.78 Å². The molecule has 64 valence electrons. The molecular formula is C9H17NO. The molecule has 0 fully saturated rings. The summed E-state index contributed by atoms with van der Waals surface area (Å²) in [5, 5.41) is 3.15. The highest BCUT2D eigenvalue weighted by Crippen LogP contribution is 1.92. The van der Waals surface area contributed by atoms with Gasteiger partial charge in [0.2, 0.25) is 0 Å². The number of hydrogen-bond donors (Lipinski definition) is 1. The van der Waals surface area contributed by atoms with Crippen molar-refractivity contribution in [1.82, 2.24) is 5.32 Å². The molecule has 0 rings (SSSR count). The number of ketones is 1. The molecule has 0 aromatic rings. The predicted molar refractivity (Wildman–Crippen MR) is 47.3 cm³/mol. The van der Waals surface area contributed by atoms with Crippen molar-refractivity contribution in [3.8, 4) is 0 Å². The Bertz CT molecular complexity index is 159. The largest absolute Gasteiger partial charge is 0.386 e. The van der Waals surface area contributed by atoms with Crippen molar-refractivity contribution in [3.05, 3.63) is 11.8 Å². The molecule has 0 radical (unpaired) electrons. The van der Waals surface area contributed by atoms with E-state index in [2.05, 4.69) is 5.32 Å².